The number of fused-ring (bicyclic) bond motifs is 3. The quantitative estimate of drug-likeness (QED) is 0.557. The van der Waals surface area contributed by atoms with E-state index in [4.69, 9.17) is 4.42 Å². The molecule has 3 aromatic heterocycles. The van der Waals surface area contributed by atoms with Gasteiger partial charge in [-0.2, -0.15) is 0 Å². The van der Waals surface area contributed by atoms with Crippen molar-refractivity contribution < 1.29 is 4.42 Å². The van der Waals surface area contributed by atoms with Crippen LogP contribution in [0.5, 0.6) is 0 Å². The Morgan fingerprint density at radius 3 is 2.80 bits per heavy atom. The Morgan fingerprint density at radius 1 is 1.07 bits per heavy atom. The molecular formula is C12H10N2O. The minimum atomic E-state index is 0.800. The Labute approximate surface area is 86.8 Å². The van der Waals surface area contributed by atoms with Crippen LogP contribution < -0.4 is 0 Å². The number of aromatic nitrogens is 2. The van der Waals surface area contributed by atoms with Gasteiger partial charge >= 0.3 is 0 Å². The molecule has 0 amide bonds. The summed E-state index contributed by atoms with van der Waals surface area (Å²) in [5, 5.41) is 0. The number of pyridine rings is 2. The summed E-state index contributed by atoms with van der Waals surface area (Å²) in [7, 11) is 0. The third kappa shape index (κ3) is 1.20. The predicted octanol–water partition coefficient (Wildman–Crippen LogP) is 2.99. The molecule has 0 N–H and O–H groups in total. The number of aryl methyl sites for hydroxylation is 2. The van der Waals surface area contributed by atoms with Crippen LogP contribution in [0.1, 0.15) is 11.3 Å². The van der Waals surface area contributed by atoms with Crippen molar-refractivity contribution in [3.63, 3.8) is 0 Å². The van der Waals surface area contributed by atoms with E-state index in [0.717, 1.165) is 33.5 Å². The number of rotatable bonds is 0. The molecule has 0 fully saturated rings. The monoisotopic (exact) mass is 198 g/mol. The van der Waals surface area contributed by atoms with Crippen molar-refractivity contribution in [1.29, 1.82) is 0 Å². The molecule has 0 aliphatic heterocycles. The molecule has 0 aliphatic carbocycles. The average Bonchev–Trinajstić information content (AvgIpc) is 2.54. The molecule has 3 rings (SSSR count). The normalized spacial score (nSPS) is 11.3. The lowest BCUT2D eigenvalue weighted by atomic mass is 10.2. The Hall–Kier alpha value is -1.90. The van der Waals surface area contributed by atoms with Gasteiger partial charge in [-0.1, -0.05) is 0 Å². The fraction of sp³-hybridized carbons (Fsp3) is 0.167. The van der Waals surface area contributed by atoms with Crippen LogP contribution in [0.4, 0.5) is 0 Å². The Morgan fingerprint density at radius 2 is 1.93 bits per heavy atom. The number of hydrogen-bond donors (Lipinski definition) is 0. The fourth-order valence-corrected chi connectivity index (χ4v) is 1.71. The predicted molar refractivity (Wildman–Crippen MR) is 58.8 cm³/mol. The lowest BCUT2D eigenvalue weighted by Gasteiger charge is -1.91. The summed E-state index contributed by atoms with van der Waals surface area (Å²) in [6.45, 7) is 3.96. The molecule has 0 spiro atoms. The molecule has 0 atom stereocenters. The molecule has 0 bridgehead atoms. The Balaban J connectivity index is 2.53. The van der Waals surface area contributed by atoms with Crippen molar-refractivity contribution in [2.24, 2.45) is 0 Å². The zero-order valence-corrected chi connectivity index (χ0v) is 8.61. The molecule has 3 heterocycles. The Kier molecular flexibility index (Phi) is 1.57. The SMILES string of the molecule is Cc1cnc2c(c1)oc1ccc(C)nc12. The summed E-state index contributed by atoms with van der Waals surface area (Å²) in [6, 6.07) is 5.87. The van der Waals surface area contributed by atoms with Gasteiger partial charge in [-0.25, -0.2) is 4.98 Å². The van der Waals surface area contributed by atoms with Crippen molar-refractivity contribution in [3.05, 3.63) is 35.7 Å². The largest absolute Gasteiger partial charge is 0.453 e. The summed E-state index contributed by atoms with van der Waals surface area (Å²) in [5.74, 6) is 0. The highest BCUT2D eigenvalue weighted by molar-refractivity contribution is 5.99. The van der Waals surface area contributed by atoms with E-state index in [-0.39, 0.29) is 0 Å². The van der Waals surface area contributed by atoms with Gasteiger partial charge < -0.3 is 4.42 Å². The van der Waals surface area contributed by atoms with Crippen LogP contribution in [0, 0.1) is 13.8 Å². The third-order valence-corrected chi connectivity index (χ3v) is 2.43. The van der Waals surface area contributed by atoms with Crippen LogP contribution in [0.15, 0.2) is 28.8 Å². The molecule has 3 nitrogen and oxygen atoms in total. The minimum Gasteiger partial charge on any atom is -0.453 e. The van der Waals surface area contributed by atoms with Crippen LogP contribution in [-0.2, 0) is 0 Å². The lowest BCUT2D eigenvalue weighted by Crippen LogP contribution is -1.81. The first-order valence-electron chi connectivity index (χ1n) is 4.86. The van der Waals surface area contributed by atoms with Crippen molar-refractivity contribution in [2.45, 2.75) is 13.8 Å². The van der Waals surface area contributed by atoms with E-state index in [1.807, 2.05) is 38.2 Å². The van der Waals surface area contributed by atoms with Crippen LogP contribution in [-0.4, -0.2) is 9.97 Å². The Bertz CT molecular complexity index is 655. The molecule has 3 heteroatoms. The van der Waals surface area contributed by atoms with Crippen LogP contribution in [0.3, 0.4) is 0 Å². The maximum atomic E-state index is 5.66. The summed E-state index contributed by atoms with van der Waals surface area (Å²) in [4.78, 5) is 8.79. The molecule has 0 radical (unpaired) electrons. The number of hydrogen-bond acceptors (Lipinski definition) is 3. The molecular weight excluding hydrogens is 188 g/mol. The van der Waals surface area contributed by atoms with Gasteiger partial charge in [0.05, 0.1) is 0 Å². The second kappa shape index (κ2) is 2.79. The first kappa shape index (κ1) is 8.41. The van der Waals surface area contributed by atoms with Gasteiger partial charge in [-0.05, 0) is 37.6 Å². The number of nitrogens with zero attached hydrogens (tertiary/aromatic N) is 2. The topological polar surface area (TPSA) is 38.9 Å². The first-order valence-corrected chi connectivity index (χ1v) is 4.86. The van der Waals surface area contributed by atoms with Crippen LogP contribution >= 0.6 is 0 Å². The molecule has 0 aromatic carbocycles. The molecule has 3 aromatic rings. The van der Waals surface area contributed by atoms with E-state index in [1.165, 1.54) is 0 Å². The van der Waals surface area contributed by atoms with E-state index in [1.54, 1.807) is 0 Å². The van der Waals surface area contributed by atoms with Gasteiger partial charge in [0.1, 0.15) is 11.0 Å². The lowest BCUT2D eigenvalue weighted by molar-refractivity contribution is 0.666. The van der Waals surface area contributed by atoms with Gasteiger partial charge in [0.15, 0.2) is 11.2 Å². The summed E-state index contributed by atoms with van der Waals surface area (Å²) in [6.07, 6.45) is 1.83. The second-order valence-corrected chi connectivity index (χ2v) is 3.76. The first-order chi connectivity index (χ1) is 7.24. The van der Waals surface area contributed by atoms with E-state index in [2.05, 4.69) is 9.97 Å². The summed E-state index contributed by atoms with van der Waals surface area (Å²) < 4.78 is 5.66. The highest BCUT2D eigenvalue weighted by atomic mass is 16.3. The van der Waals surface area contributed by atoms with E-state index in [0.29, 0.717) is 0 Å². The molecule has 0 unspecified atom stereocenters. The third-order valence-electron chi connectivity index (χ3n) is 2.43. The maximum absolute atomic E-state index is 5.66. The molecule has 74 valence electrons. The zero-order valence-electron chi connectivity index (χ0n) is 8.61. The summed E-state index contributed by atoms with van der Waals surface area (Å²) in [5.41, 5.74) is 5.38. The van der Waals surface area contributed by atoms with E-state index in [9.17, 15) is 0 Å². The highest BCUT2D eigenvalue weighted by Crippen LogP contribution is 2.25. The van der Waals surface area contributed by atoms with Gasteiger partial charge in [0.25, 0.3) is 0 Å². The smallest absolute Gasteiger partial charge is 0.155 e. The average molecular weight is 198 g/mol. The van der Waals surface area contributed by atoms with Gasteiger partial charge in [-0.3, -0.25) is 4.98 Å². The second-order valence-electron chi connectivity index (χ2n) is 3.76. The van der Waals surface area contributed by atoms with Gasteiger partial charge in [-0.15, -0.1) is 0 Å². The van der Waals surface area contributed by atoms with Crippen LogP contribution in [0.25, 0.3) is 22.2 Å². The van der Waals surface area contributed by atoms with Gasteiger partial charge in [0, 0.05) is 11.9 Å². The standard InChI is InChI=1S/C12H10N2O/c1-7-5-10-11(13-6-7)12-9(15-10)4-3-8(2)14-12/h3-6H,1-2H3. The number of furan rings is 1. The molecule has 0 saturated carbocycles. The molecule has 0 saturated heterocycles. The minimum absolute atomic E-state index is 0.800. The van der Waals surface area contributed by atoms with Crippen LogP contribution in [0.2, 0.25) is 0 Å². The summed E-state index contributed by atoms with van der Waals surface area (Å²) >= 11 is 0. The van der Waals surface area contributed by atoms with Crippen molar-refractivity contribution >= 4 is 22.2 Å². The van der Waals surface area contributed by atoms with E-state index < -0.39 is 0 Å². The van der Waals surface area contributed by atoms with Crippen molar-refractivity contribution in [1.82, 2.24) is 9.97 Å². The zero-order chi connectivity index (χ0) is 10.4. The van der Waals surface area contributed by atoms with E-state index >= 15 is 0 Å². The van der Waals surface area contributed by atoms with Crippen molar-refractivity contribution in [3.8, 4) is 0 Å². The maximum Gasteiger partial charge on any atom is 0.155 e. The molecule has 15 heavy (non-hydrogen) atoms. The molecule has 0 aliphatic rings. The highest BCUT2D eigenvalue weighted by Gasteiger charge is 2.08. The van der Waals surface area contributed by atoms with Gasteiger partial charge in [0.2, 0.25) is 0 Å². The van der Waals surface area contributed by atoms with Crippen molar-refractivity contribution in [2.75, 3.05) is 0 Å². The fourth-order valence-electron chi connectivity index (χ4n) is 1.71.